The first-order valence-electron chi connectivity index (χ1n) is 10.1. The minimum Gasteiger partial charge on any atom is -0.308 e. The van der Waals surface area contributed by atoms with E-state index in [0.717, 1.165) is 55.0 Å². The Kier molecular flexibility index (Phi) is 5.44. The predicted octanol–water partition coefficient (Wildman–Crippen LogP) is 3.90. The van der Waals surface area contributed by atoms with Gasteiger partial charge in [0.15, 0.2) is 0 Å². The lowest BCUT2D eigenvalue weighted by Gasteiger charge is -2.30. The first-order valence-corrected chi connectivity index (χ1v) is 11.5. The van der Waals surface area contributed by atoms with Gasteiger partial charge in [0.05, 0.1) is 0 Å². The van der Waals surface area contributed by atoms with Crippen LogP contribution in [0, 0.1) is 12.7 Å². The summed E-state index contributed by atoms with van der Waals surface area (Å²) in [5.41, 5.74) is 3.27. The number of fused-ring (bicyclic) bond motifs is 1. The molecule has 2 aromatic rings. The van der Waals surface area contributed by atoms with E-state index in [4.69, 9.17) is 0 Å². The van der Waals surface area contributed by atoms with Gasteiger partial charge < -0.3 is 4.90 Å². The van der Waals surface area contributed by atoms with Crippen LogP contribution < -0.4 is 4.90 Å². The Morgan fingerprint density at radius 1 is 0.966 bits per heavy atom. The molecule has 2 aliphatic rings. The molecule has 0 unspecified atom stereocenters. The molecule has 0 atom stereocenters. The monoisotopic (exact) mass is 416 g/mol. The fourth-order valence-corrected chi connectivity index (χ4v) is 5.78. The highest BCUT2D eigenvalue weighted by Gasteiger charge is 2.31. The molecule has 154 valence electrons. The van der Waals surface area contributed by atoms with Crippen LogP contribution in [0.3, 0.4) is 0 Å². The number of hydrogen-bond acceptors (Lipinski definition) is 3. The molecule has 0 radical (unpaired) electrons. The first-order chi connectivity index (χ1) is 13.9. The third-order valence-corrected chi connectivity index (χ3v) is 7.62. The minimum atomic E-state index is -3.96. The van der Waals surface area contributed by atoms with E-state index in [1.807, 2.05) is 19.1 Å². The second kappa shape index (κ2) is 7.88. The van der Waals surface area contributed by atoms with Gasteiger partial charge in [-0.2, -0.15) is 4.31 Å². The summed E-state index contributed by atoms with van der Waals surface area (Å²) in [6.45, 7) is 3.34. The Hall–Kier alpha value is -2.25. The molecule has 4 rings (SSSR count). The molecule has 5 nitrogen and oxygen atoms in total. The Bertz CT molecular complexity index is 1050. The van der Waals surface area contributed by atoms with Crippen molar-refractivity contribution >= 4 is 21.6 Å². The van der Waals surface area contributed by atoms with Crippen LogP contribution in [0.1, 0.15) is 47.2 Å². The molecule has 2 aromatic carbocycles. The summed E-state index contributed by atoms with van der Waals surface area (Å²) in [6.07, 6.45) is 4.24. The molecule has 1 saturated heterocycles. The molecule has 1 fully saturated rings. The summed E-state index contributed by atoms with van der Waals surface area (Å²) in [6, 6.07) is 9.62. The van der Waals surface area contributed by atoms with Crippen molar-refractivity contribution in [3.8, 4) is 0 Å². The summed E-state index contributed by atoms with van der Waals surface area (Å²) in [5, 5.41) is 0. The van der Waals surface area contributed by atoms with Gasteiger partial charge >= 0.3 is 0 Å². The van der Waals surface area contributed by atoms with Gasteiger partial charge in [-0.1, -0.05) is 24.1 Å². The van der Waals surface area contributed by atoms with E-state index < -0.39 is 20.7 Å². The normalized spacial score (nSPS) is 17.8. The lowest BCUT2D eigenvalue weighted by Crippen LogP contribution is -2.37. The summed E-state index contributed by atoms with van der Waals surface area (Å²) < 4.78 is 41.7. The highest BCUT2D eigenvalue weighted by molar-refractivity contribution is 7.89. The third-order valence-electron chi connectivity index (χ3n) is 5.71. The molecule has 1 amide bonds. The minimum absolute atomic E-state index is 0.190. The van der Waals surface area contributed by atoms with Gasteiger partial charge in [0, 0.05) is 30.9 Å². The number of benzene rings is 2. The molecule has 0 aliphatic carbocycles. The van der Waals surface area contributed by atoms with Gasteiger partial charge in [0.25, 0.3) is 5.91 Å². The van der Waals surface area contributed by atoms with Crippen LogP contribution in [-0.4, -0.2) is 38.3 Å². The fourth-order valence-electron chi connectivity index (χ4n) is 4.17. The highest BCUT2D eigenvalue weighted by atomic mass is 32.2. The van der Waals surface area contributed by atoms with Crippen molar-refractivity contribution < 1.29 is 17.6 Å². The smallest absolute Gasteiger partial charge is 0.258 e. The zero-order valence-electron chi connectivity index (χ0n) is 16.5. The average Bonchev–Trinajstić information content (AvgIpc) is 2.73. The van der Waals surface area contributed by atoms with Crippen LogP contribution in [0.2, 0.25) is 0 Å². The largest absolute Gasteiger partial charge is 0.308 e. The topological polar surface area (TPSA) is 57.7 Å². The van der Waals surface area contributed by atoms with E-state index in [0.29, 0.717) is 19.6 Å². The molecule has 0 N–H and O–H groups in total. The molecule has 0 aromatic heterocycles. The Balaban J connectivity index is 1.69. The fraction of sp³-hybridized carbons (Fsp3) is 0.409. The van der Waals surface area contributed by atoms with E-state index in [1.165, 1.54) is 16.4 Å². The summed E-state index contributed by atoms with van der Waals surface area (Å²) >= 11 is 0. The van der Waals surface area contributed by atoms with E-state index in [9.17, 15) is 17.6 Å². The SMILES string of the molecule is Cc1ccc2c(c1)CCCN2C(=O)c1ccc(F)c(S(=O)(=O)N2CCCCC2)c1. The maximum absolute atomic E-state index is 14.5. The van der Waals surface area contributed by atoms with E-state index in [2.05, 4.69) is 6.07 Å². The molecule has 2 heterocycles. The molecule has 0 spiro atoms. The molecule has 0 saturated carbocycles. The van der Waals surface area contributed by atoms with Crippen molar-refractivity contribution in [2.45, 2.75) is 43.9 Å². The molecule has 29 heavy (non-hydrogen) atoms. The molecule has 7 heteroatoms. The summed E-state index contributed by atoms with van der Waals surface area (Å²) in [5.74, 6) is -1.12. The lowest BCUT2D eigenvalue weighted by atomic mass is 9.99. The average molecular weight is 417 g/mol. The number of sulfonamides is 1. The maximum Gasteiger partial charge on any atom is 0.258 e. The van der Waals surface area contributed by atoms with Gasteiger partial charge in [-0.3, -0.25) is 4.79 Å². The zero-order chi connectivity index (χ0) is 20.6. The second-order valence-electron chi connectivity index (χ2n) is 7.80. The van der Waals surface area contributed by atoms with Crippen LogP contribution in [0.15, 0.2) is 41.3 Å². The molecular formula is C22H25FN2O3S. The second-order valence-corrected chi connectivity index (χ2v) is 9.71. The number of carbonyl (C=O) groups excluding carboxylic acids is 1. The maximum atomic E-state index is 14.5. The van der Waals surface area contributed by atoms with Crippen molar-refractivity contribution in [3.63, 3.8) is 0 Å². The van der Waals surface area contributed by atoms with Crippen molar-refractivity contribution in [1.82, 2.24) is 4.31 Å². The molecule has 0 bridgehead atoms. The zero-order valence-corrected chi connectivity index (χ0v) is 17.3. The number of carbonyl (C=O) groups is 1. The van der Waals surface area contributed by atoms with Gasteiger partial charge in [0.1, 0.15) is 10.7 Å². The van der Waals surface area contributed by atoms with E-state index in [-0.39, 0.29) is 11.5 Å². The van der Waals surface area contributed by atoms with Gasteiger partial charge in [-0.15, -0.1) is 0 Å². The Morgan fingerprint density at radius 2 is 1.72 bits per heavy atom. The van der Waals surface area contributed by atoms with Crippen molar-refractivity contribution in [3.05, 3.63) is 58.9 Å². The van der Waals surface area contributed by atoms with Crippen LogP contribution in [0.5, 0.6) is 0 Å². The Morgan fingerprint density at radius 3 is 2.48 bits per heavy atom. The van der Waals surface area contributed by atoms with Crippen molar-refractivity contribution in [1.29, 1.82) is 0 Å². The van der Waals surface area contributed by atoms with Crippen LogP contribution in [-0.2, 0) is 16.4 Å². The van der Waals surface area contributed by atoms with Crippen LogP contribution in [0.25, 0.3) is 0 Å². The van der Waals surface area contributed by atoms with E-state index >= 15 is 0 Å². The number of anilines is 1. The summed E-state index contributed by atoms with van der Waals surface area (Å²) in [7, 11) is -3.96. The first kappa shape index (κ1) is 20.0. The highest BCUT2D eigenvalue weighted by Crippen LogP contribution is 2.30. The van der Waals surface area contributed by atoms with Crippen LogP contribution in [0.4, 0.5) is 10.1 Å². The Labute approximate surface area is 171 Å². The van der Waals surface area contributed by atoms with Gasteiger partial charge in [-0.05, 0) is 62.4 Å². The number of hydrogen-bond donors (Lipinski definition) is 0. The number of halogens is 1. The number of rotatable bonds is 3. The van der Waals surface area contributed by atoms with Crippen molar-refractivity contribution in [2.75, 3.05) is 24.5 Å². The third kappa shape index (κ3) is 3.81. The molecular weight excluding hydrogens is 391 g/mol. The van der Waals surface area contributed by atoms with Gasteiger partial charge in [-0.25, -0.2) is 12.8 Å². The summed E-state index contributed by atoms with van der Waals surface area (Å²) in [4.78, 5) is 14.5. The molecule has 2 aliphatic heterocycles. The number of amides is 1. The number of piperidine rings is 1. The van der Waals surface area contributed by atoms with Gasteiger partial charge in [0.2, 0.25) is 10.0 Å². The predicted molar refractivity (Wildman–Crippen MR) is 110 cm³/mol. The van der Waals surface area contributed by atoms with Crippen molar-refractivity contribution in [2.24, 2.45) is 0 Å². The number of aryl methyl sites for hydroxylation is 2. The van der Waals surface area contributed by atoms with E-state index in [1.54, 1.807) is 4.90 Å². The standard InChI is InChI=1S/C22H25FN2O3S/c1-16-7-10-20-17(14-16)6-5-13-25(20)22(26)18-8-9-19(23)21(15-18)29(27,28)24-11-3-2-4-12-24/h7-10,14-15H,2-6,11-13H2,1H3. The quantitative estimate of drug-likeness (QED) is 0.763. The lowest BCUT2D eigenvalue weighted by molar-refractivity contribution is 0.0985. The number of nitrogens with zero attached hydrogens (tertiary/aromatic N) is 2. The van der Waals surface area contributed by atoms with Crippen LogP contribution >= 0.6 is 0 Å².